The number of nitrogens with one attached hydrogen (secondary N) is 1. The summed E-state index contributed by atoms with van der Waals surface area (Å²) < 4.78 is 0. The van der Waals surface area contributed by atoms with Crippen molar-refractivity contribution in [2.75, 3.05) is 0 Å². The first kappa shape index (κ1) is 10.1. The van der Waals surface area contributed by atoms with Crippen LogP contribution in [0.15, 0.2) is 30.3 Å². The van der Waals surface area contributed by atoms with E-state index in [1.165, 1.54) is 43.2 Å². The number of rotatable bonds is 4. The van der Waals surface area contributed by atoms with Crippen LogP contribution in [-0.4, -0.2) is 6.04 Å². The lowest BCUT2D eigenvalue weighted by atomic mass is 9.99. The van der Waals surface area contributed by atoms with Gasteiger partial charge in [0.2, 0.25) is 0 Å². The van der Waals surface area contributed by atoms with Crippen molar-refractivity contribution in [1.29, 1.82) is 0 Å². The highest BCUT2D eigenvalue weighted by Gasteiger charge is 2.20. The molecule has 1 N–H and O–H groups in total. The first-order chi connectivity index (χ1) is 7.93. The molecule has 2 aliphatic rings. The zero-order valence-electron chi connectivity index (χ0n) is 9.71. The Hall–Kier alpha value is -1.08. The zero-order valence-corrected chi connectivity index (χ0v) is 9.71. The molecule has 0 spiro atoms. The van der Waals surface area contributed by atoms with Gasteiger partial charge in [-0.15, -0.1) is 0 Å². The molecule has 0 atom stereocenters. The second kappa shape index (κ2) is 4.42. The van der Waals surface area contributed by atoms with Crippen molar-refractivity contribution in [3.63, 3.8) is 0 Å². The largest absolute Gasteiger partial charge is 0.310 e. The summed E-state index contributed by atoms with van der Waals surface area (Å²) in [6.45, 7) is 1.04. The van der Waals surface area contributed by atoms with E-state index in [9.17, 15) is 0 Å². The van der Waals surface area contributed by atoms with Crippen LogP contribution in [0.1, 0.15) is 43.2 Å². The quantitative estimate of drug-likeness (QED) is 0.807. The standard InChI is InChI=1S/C15H19N/c1-2-6-12(5-1)15-8-4-3-7-13(15)11-16-14-9-10-14/h3-5,7-8,14,16H,1-2,6,9-11H2. The summed E-state index contributed by atoms with van der Waals surface area (Å²) in [6.07, 6.45) is 9.01. The lowest BCUT2D eigenvalue weighted by Gasteiger charge is -2.11. The van der Waals surface area contributed by atoms with Gasteiger partial charge in [-0.2, -0.15) is 0 Å². The van der Waals surface area contributed by atoms with Gasteiger partial charge in [-0.05, 0) is 48.8 Å². The van der Waals surface area contributed by atoms with Gasteiger partial charge >= 0.3 is 0 Å². The number of hydrogen-bond acceptors (Lipinski definition) is 1. The van der Waals surface area contributed by atoms with Crippen LogP contribution < -0.4 is 5.32 Å². The average Bonchev–Trinajstić information content (AvgIpc) is 3.00. The molecule has 0 saturated heterocycles. The van der Waals surface area contributed by atoms with E-state index >= 15 is 0 Å². The Bertz CT molecular complexity index is 402. The second-order valence-electron chi connectivity index (χ2n) is 4.93. The topological polar surface area (TPSA) is 12.0 Å². The van der Waals surface area contributed by atoms with E-state index in [-0.39, 0.29) is 0 Å². The molecule has 0 bridgehead atoms. The molecule has 1 aromatic carbocycles. The highest BCUT2D eigenvalue weighted by molar-refractivity contribution is 5.69. The monoisotopic (exact) mass is 213 g/mol. The molecule has 3 rings (SSSR count). The molecule has 0 amide bonds. The van der Waals surface area contributed by atoms with E-state index in [0.717, 1.165) is 12.6 Å². The van der Waals surface area contributed by atoms with Crippen molar-refractivity contribution in [3.8, 4) is 0 Å². The summed E-state index contributed by atoms with van der Waals surface area (Å²) in [4.78, 5) is 0. The predicted molar refractivity (Wildman–Crippen MR) is 68.1 cm³/mol. The van der Waals surface area contributed by atoms with E-state index in [1.807, 2.05) is 0 Å². The minimum Gasteiger partial charge on any atom is -0.310 e. The number of allylic oxidation sites excluding steroid dienone is 2. The third kappa shape index (κ3) is 2.19. The first-order valence-corrected chi connectivity index (χ1v) is 6.44. The van der Waals surface area contributed by atoms with Crippen molar-refractivity contribution in [3.05, 3.63) is 41.5 Å². The number of benzene rings is 1. The Morgan fingerprint density at radius 3 is 2.81 bits per heavy atom. The van der Waals surface area contributed by atoms with E-state index in [2.05, 4.69) is 35.7 Å². The highest BCUT2D eigenvalue weighted by atomic mass is 14.9. The summed E-state index contributed by atoms with van der Waals surface area (Å²) in [5, 5.41) is 3.61. The van der Waals surface area contributed by atoms with Crippen LogP contribution in [0.3, 0.4) is 0 Å². The molecule has 1 fully saturated rings. The molecule has 0 unspecified atom stereocenters. The maximum absolute atomic E-state index is 3.61. The molecule has 0 radical (unpaired) electrons. The van der Waals surface area contributed by atoms with Gasteiger partial charge in [-0.3, -0.25) is 0 Å². The first-order valence-electron chi connectivity index (χ1n) is 6.44. The van der Waals surface area contributed by atoms with E-state index in [4.69, 9.17) is 0 Å². The Morgan fingerprint density at radius 2 is 2.06 bits per heavy atom. The average molecular weight is 213 g/mol. The molecule has 0 aliphatic heterocycles. The zero-order chi connectivity index (χ0) is 10.8. The van der Waals surface area contributed by atoms with Gasteiger partial charge in [-0.1, -0.05) is 30.3 Å². The van der Waals surface area contributed by atoms with Crippen molar-refractivity contribution >= 4 is 5.57 Å². The molecule has 1 aromatic rings. The lowest BCUT2D eigenvalue weighted by Crippen LogP contribution is -2.16. The predicted octanol–water partition coefficient (Wildman–Crippen LogP) is 3.51. The van der Waals surface area contributed by atoms with Crippen LogP contribution in [0.4, 0.5) is 0 Å². The molecule has 16 heavy (non-hydrogen) atoms. The third-order valence-electron chi connectivity index (χ3n) is 3.56. The minimum absolute atomic E-state index is 0.797. The van der Waals surface area contributed by atoms with Gasteiger partial charge in [0.25, 0.3) is 0 Å². The summed E-state index contributed by atoms with van der Waals surface area (Å²) in [5.74, 6) is 0. The molecule has 1 heteroatoms. The molecule has 0 heterocycles. The Labute approximate surface area is 97.6 Å². The minimum atomic E-state index is 0.797. The summed E-state index contributed by atoms with van der Waals surface area (Å²) in [6, 6.07) is 9.66. The van der Waals surface area contributed by atoms with Gasteiger partial charge in [0, 0.05) is 12.6 Å². The van der Waals surface area contributed by atoms with Crippen LogP contribution in [0.25, 0.3) is 5.57 Å². The van der Waals surface area contributed by atoms with Gasteiger partial charge < -0.3 is 5.32 Å². The fraction of sp³-hybridized carbons (Fsp3) is 0.467. The molecule has 1 saturated carbocycles. The van der Waals surface area contributed by atoms with Crippen molar-refractivity contribution in [2.24, 2.45) is 0 Å². The Kier molecular flexibility index (Phi) is 2.79. The fourth-order valence-corrected chi connectivity index (χ4v) is 2.44. The second-order valence-corrected chi connectivity index (χ2v) is 4.93. The smallest absolute Gasteiger partial charge is 0.0214 e. The maximum atomic E-state index is 3.61. The van der Waals surface area contributed by atoms with E-state index < -0.39 is 0 Å². The highest BCUT2D eigenvalue weighted by Crippen LogP contribution is 2.30. The summed E-state index contributed by atoms with van der Waals surface area (Å²) >= 11 is 0. The summed E-state index contributed by atoms with van der Waals surface area (Å²) in [5.41, 5.74) is 4.52. The van der Waals surface area contributed by atoms with Crippen LogP contribution in [0, 0.1) is 0 Å². The Balaban J connectivity index is 1.78. The molecule has 2 aliphatic carbocycles. The molecule has 0 aromatic heterocycles. The Morgan fingerprint density at radius 1 is 1.19 bits per heavy atom. The van der Waals surface area contributed by atoms with Crippen LogP contribution in [0.2, 0.25) is 0 Å². The molecular formula is C15H19N. The van der Waals surface area contributed by atoms with Gasteiger partial charge in [0.05, 0.1) is 0 Å². The SMILES string of the molecule is C1=C(c2ccccc2CNC2CC2)CCC1. The van der Waals surface area contributed by atoms with Crippen molar-refractivity contribution < 1.29 is 0 Å². The van der Waals surface area contributed by atoms with Crippen LogP contribution >= 0.6 is 0 Å². The van der Waals surface area contributed by atoms with Gasteiger partial charge in [0.15, 0.2) is 0 Å². The molecule has 1 nitrogen and oxygen atoms in total. The summed E-state index contributed by atoms with van der Waals surface area (Å²) in [7, 11) is 0. The third-order valence-corrected chi connectivity index (χ3v) is 3.56. The van der Waals surface area contributed by atoms with Gasteiger partial charge in [-0.25, -0.2) is 0 Å². The molecular weight excluding hydrogens is 194 g/mol. The van der Waals surface area contributed by atoms with Crippen LogP contribution in [0.5, 0.6) is 0 Å². The van der Waals surface area contributed by atoms with E-state index in [1.54, 1.807) is 5.57 Å². The van der Waals surface area contributed by atoms with Crippen molar-refractivity contribution in [1.82, 2.24) is 5.32 Å². The molecule has 84 valence electrons. The van der Waals surface area contributed by atoms with Crippen molar-refractivity contribution in [2.45, 2.75) is 44.7 Å². The van der Waals surface area contributed by atoms with Gasteiger partial charge in [0.1, 0.15) is 0 Å². The maximum Gasteiger partial charge on any atom is 0.0214 e. The normalized spacial score (nSPS) is 19.9. The number of hydrogen-bond donors (Lipinski definition) is 1. The van der Waals surface area contributed by atoms with E-state index in [0.29, 0.717) is 0 Å². The fourth-order valence-electron chi connectivity index (χ4n) is 2.44. The lowest BCUT2D eigenvalue weighted by molar-refractivity contribution is 0.686. The van der Waals surface area contributed by atoms with Crippen LogP contribution in [-0.2, 0) is 6.54 Å².